The highest BCUT2D eigenvalue weighted by Gasteiger charge is 2.22. The fourth-order valence-corrected chi connectivity index (χ4v) is 15.3. The third-order valence-electron chi connectivity index (χ3n) is 19.1. The molecule has 10 aliphatic heterocycles. The number of para-hydroxylation sites is 4. The van der Waals surface area contributed by atoms with Crippen LogP contribution in [0.3, 0.4) is 0 Å². The van der Waals surface area contributed by atoms with E-state index < -0.39 is 0 Å². The van der Waals surface area contributed by atoms with E-state index in [1.807, 2.05) is 0 Å². The van der Waals surface area contributed by atoms with Crippen LogP contribution in [0.4, 0.5) is 0 Å². The minimum absolute atomic E-state index is 0.868. The first kappa shape index (κ1) is 47.4. The van der Waals surface area contributed by atoms with Crippen LogP contribution in [0.15, 0.2) is 243 Å². The van der Waals surface area contributed by atoms with Crippen molar-refractivity contribution >= 4 is 155 Å². The molecule has 18 aromatic rings. The molecule has 16 heterocycles. The van der Waals surface area contributed by atoms with Gasteiger partial charge in [-0.1, -0.05) is 121 Å². The summed E-state index contributed by atoms with van der Waals surface area (Å²) in [6.07, 6.45) is 9.11. The number of fused-ring (bicyclic) bond motifs is 4. The lowest BCUT2D eigenvalue weighted by atomic mass is 10.1. The number of aromatic nitrogens is 6. The van der Waals surface area contributed by atoms with Crippen molar-refractivity contribution in [2.24, 2.45) is 0 Å². The number of hydrogen-bond acceptors (Lipinski definition) is 0. The summed E-state index contributed by atoms with van der Waals surface area (Å²) >= 11 is 0. The minimum Gasteiger partial charge on any atom is -0.341 e. The Hall–Kier alpha value is -11.1. The second kappa shape index (κ2) is 17.7. The van der Waals surface area contributed by atoms with Crippen LogP contribution in [-0.4, -0.2) is 27.4 Å². The number of benzene rings is 12. The summed E-state index contributed by atoms with van der Waals surface area (Å²) in [5.74, 6) is 0. The summed E-state index contributed by atoms with van der Waals surface area (Å²) < 4.78 is 14.8. The zero-order valence-electron chi connectivity index (χ0n) is 47.5. The van der Waals surface area contributed by atoms with E-state index in [-0.39, 0.29) is 0 Å². The van der Waals surface area contributed by atoms with E-state index in [2.05, 4.69) is 308 Å². The Kier molecular flexibility index (Phi) is 9.77. The van der Waals surface area contributed by atoms with Gasteiger partial charge in [-0.2, -0.15) is 0 Å². The number of rotatable bonds is 2. The third-order valence-corrected chi connectivity index (χ3v) is 19.1. The lowest BCUT2D eigenvalue weighted by Gasteiger charge is -2.10. The highest BCUT2D eigenvalue weighted by molar-refractivity contribution is 6.17. The molecule has 0 N–H and O–H groups in total. The Morgan fingerprint density at radius 1 is 0.198 bits per heavy atom. The Bertz CT molecular complexity index is 5320. The van der Waals surface area contributed by atoms with Crippen LogP contribution >= 0.6 is 0 Å². The summed E-state index contributed by atoms with van der Waals surface area (Å²) in [5, 5.41) is 14.9. The summed E-state index contributed by atoms with van der Waals surface area (Å²) in [5.41, 5.74) is 23.7. The van der Waals surface area contributed by atoms with Crippen LogP contribution in [0, 0.1) is 0 Å². The van der Waals surface area contributed by atoms with Crippen LogP contribution in [-0.2, 0) is 13.1 Å². The second-order valence-corrected chi connectivity index (χ2v) is 23.5. The van der Waals surface area contributed by atoms with Gasteiger partial charge in [0.1, 0.15) is 0 Å². The first-order valence-corrected chi connectivity index (χ1v) is 30.2. The van der Waals surface area contributed by atoms with E-state index in [0.29, 0.717) is 0 Å². The van der Waals surface area contributed by atoms with Crippen molar-refractivity contribution < 1.29 is 0 Å². The first-order valence-electron chi connectivity index (χ1n) is 30.2. The van der Waals surface area contributed by atoms with E-state index in [0.717, 1.165) is 58.1 Å². The lowest BCUT2D eigenvalue weighted by molar-refractivity contribution is 0.827. The van der Waals surface area contributed by atoms with Crippen molar-refractivity contribution in [2.75, 3.05) is 0 Å². The maximum absolute atomic E-state index is 2.47. The van der Waals surface area contributed by atoms with E-state index >= 15 is 0 Å². The van der Waals surface area contributed by atoms with Crippen molar-refractivity contribution in [3.63, 3.8) is 0 Å². The zero-order chi connectivity index (χ0) is 56.5. The largest absolute Gasteiger partial charge is 0.341 e. The van der Waals surface area contributed by atoms with E-state index in [9.17, 15) is 0 Å². The second-order valence-electron chi connectivity index (χ2n) is 23.5. The quantitative estimate of drug-likeness (QED) is 0.165. The van der Waals surface area contributed by atoms with Gasteiger partial charge in [0.05, 0.1) is 44.1 Å². The molecule has 0 fully saturated rings. The SMILES string of the molecule is CCn1c2ccc3cc2c2cc(ccc21)-n1c2ccccc2c2cc(ccc21)C=Cc1ccc2c(c1)c1ccccc1n2-c1ccc2c(c1)c1cc(ccc1n2CC)-n1c2ccccc2c2cc(ccc21)C=Cc1ccc2c(c1)c1ccccc1n2-3. The van der Waals surface area contributed by atoms with Gasteiger partial charge in [-0.05, 0) is 182 Å². The van der Waals surface area contributed by atoms with Crippen molar-refractivity contribution in [2.45, 2.75) is 26.9 Å². The van der Waals surface area contributed by atoms with Crippen LogP contribution < -0.4 is 0 Å². The van der Waals surface area contributed by atoms with E-state index in [4.69, 9.17) is 0 Å². The molecule has 10 aliphatic rings. The average molecular weight is 1100 g/mol. The molecule has 0 aliphatic carbocycles. The Morgan fingerprint density at radius 3 is 0.651 bits per heavy atom. The molecular formula is C80H54N6. The molecule has 6 heteroatoms. The first-order chi connectivity index (χ1) is 42.5. The normalized spacial score (nSPS) is 12.8. The predicted molar refractivity (Wildman–Crippen MR) is 365 cm³/mol. The molecule has 404 valence electrons. The highest BCUT2D eigenvalue weighted by Crippen LogP contribution is 2.42. The highest BCUT2D eigenvalue weighted by atomic mass is 15.0. The van der Waals surface area contributed by atoms with Crippen LogP contribution in [0.1, 0.15) is 36.1 Å². The fraction of sp³-hybridized carbons (Fsp3) is 0.0500. The molecule has 6 aromatic heterocycles. The van der Waals surface area contributed by atoms with Gasteiger partial charge in [0.25, 0.3) is 0 Å². The molecule has 0 radical (unpaired) electrons. The molecule has 6 nitrogen and oxygen atoms in total. The van der Waals surface area contributed by atoms with Crippen molar-refractivity contribution in [3.05, 3.63) is 265 Å². The molecule has 0 amide bonds. The molecule has 0 saturated heterocycles. The maximum atomic E-state index is 2.47. The van der Waals surface area contributed by atoms with Gasteiger partial charge in [-0.15, -0.1) is 0 Å². The van der Waals surface area contributed by atoms with Crippen molar-refractivity contribution in [1.82, 2.24) is 27.4 Å². The van der Waals surface area contributed by atoms with Gasteiger partial charge in [0.15, 0.2) is 0 Å². The Balaban J connectivity index is 0.843. The van der Waals surface area contributed by atoms with E-state index in [1.54, 1.807) is 0 Å². The molecule has 0 unspecified atom stereocenters. The van der Waals surface area contributed by atoms with Crippen molar-refractivity contribution in [1.29, 1.82) is 0 Å². The van der Waals surface area contributed by atoms with E-state index in [1.165, 1.54) is 131 Å². The number of aryl methyl sites for hydroxylation is 2. The van der Waals surface area contributed by atoms with Gasteiger partial charge in [0, 0.05) is 123 Å². The number of nitrogens with zero attached hydrogens (tertiary/aromatic N) is 6. The molecule has 0 atom stereocenters. The van der Waals surface area contributed by atoms with Gasteiger partial charge in [0.2, 0.25) is 0 Å². The predicted octanol–water partition coefficient (Wildman–Crippen LogP) is 21.0. The molecule has 28 rings (SSSR count). The molecule has 86 heavy (non-hydrogen) atoms. The van der Waals surface area contributed by atoms with Crippen LogP contribution in [0.5, 0.6) is 0 Å². The van der Waals surface area contributed by atoms with Gasteiger partial charge in [-0.3, -0.25) is 0 Å². The van der Waals surface area contributed by atoms with Gasteiger partial charge >= 0.3 is 0 Å². The van der Waals surface area contributed by atoms with Gasteiger partial charge < -0.3 is 27.4 Å². The Labute approximate surface area is 494 Å². The Morgan fingerprint density at radius 2 is 0.407 bits per heavy atom. The average Bonchev–Trinajstić information content (AvgIpc) is 2.36. The third kappa shape index (κ3) is 6.61. The summed E-state index contributed by atoms with van der Waals surface area (Å²) in [6.45, 7) is 6.25. The smallest absolute Gasteiger partial charge is 0.0541 e. The zero-order valence-corrected chi connectivity index (χ0v) is 47.5. The molecular weight excluding hydrogens is 1040 g/mol. The summed E-state index contributed by atoms with van der Waals surface area (Å²) in [4.78, 5) is 0. The number of hydrogen-bond donors (Lipinski definition) is 0. The molecule has 0 saturated carbocycles. The fourth-order valence-electron chi connectivity index (χ4n) is 15.3. The monoisotopic (exact) mass is 1100 g/mol. The summed E-state index contributed by atoms with van der Waals surface area (Å²) in [6, 6.07) is 91.6. The standard InChI is InChI=1S/C80H54N6/c1-3-81-69-37-29-53-45-65(69)66-46-54(30-38-70(66)81)84-74-18-10-6-14-58(74)62-42-50(26-34-78(62)84)22-24-52-28-36-80-64(44-52)60-16-8-12-20-76(60)86(80)56-32-40-72-68(48-56)67-47-55(31-39-71(67)82(72)4-2)85-75-19-11-7-15-59(75)63-43-51(27-35-79(63)85)23-21-49-25-33-77-61(41-49)57-13-5-9-17-73(57)83(53)77/h5-48H,3-4H2,1-2H3. The topological polar surface area (TPSA) is 29.6 Å². The van der Waals surface area contributed by atoms with Crippen molar-refractivity contribution in [3.8, 4) is 22.7 Å². The van der Waals surface area contributed by atoms with Crippen LogP contribution in [0.2, 0.25) is 0 Å². The summed E-state index contributed by atoms with van der Waals surface area (Å²) in [7, 11) is 0. The lowest BCUT2D eigenvalue weighted by Crippen LogP contribution is -1.96. The molecule has 0 spiro atoms. The van der Waals surface area contributed by atoms with Crippen LogP contribution in [0.25, 0.3) is 178 Å². The maximum Gasteiger partial charge on any atom is 0.0541 e. The van der Waals surface area contributed by atoms with Gasteiger partial charge in [-0.25, -0.2) is 0 Å². The molecule has 12 aromatic carbocycles. The molecule has 24 bridgehead atoms. The minimum atomic E-state index is 0.868.